The number of hydrogen-bond donors (Lipinski definition) is 1. The zero-order chi connectivity index (χ0) is 8.93. The molecule has 0 radical (unpaired) electrons. The van der Waals surface area contributed by atoms with Gasteiger partial charge in [0.2, 0.25) is 0 Å². The molecular formula is C11H24Cl2N2. The van der Waals surface area contributed by atoms with Crippen molar-refractivity contribution in [3.63, 3.8) is 0 Å². The summed E-state index contributed by atoms with van der Waals surface area (Å²) in [5, 5.41) is 3.43. The maximum Gasteiger partial charge on any atom is 0.0110 e. The molecule has 2 nitrogen and oxygen atoms in total. The molecule has 0 amide bonds. The van der Waals surface area contributed by atoms with Gasteiger partial charge in [0.05, 0.1) is 0 Å². The van der Waals surface area contributed by atoms with E-state index >= 15 is 0 Å². The molecule has 92 valence electrons. The molecular weight excluding hydrogens is 231 g/mol. The van der Waals surface area contributed by atoms with Crippen molar-refractivity contribution in [1.29, 1.82) is 0 Å². The van der Waals surface area contributed by atoms with Crippen LogP contribution in [-0.2, 0) is 0 Å². The Bertz CT molecular complexity index is 142. The van der Waals surface area contributed by atoms with E-state index in [0.717, 1.165) is 6.04 Å². The Hall–Kier alpha value is 0.500. The van der Waals surface area contributed by atoms with Crippen LogP contribution < -0.4 is 5.32 Å². The summed E-state index contributed by atoms with van der Waals surface area (Å²) < 4.78 is 0. The SMILES string of the molecule is C1CCCC(N2CCNCC2)CC1.Cl.Cl. The van der Waals surface area contributed by atoms with Crippen LogP contribution in [0.4, 0.5) is 0 Å². The molecule has 1 saturated carbocycles. The first-order valence-corrected chi connectivity index (χ1v) is 5.91. The topological polar surface area (TPSA) is 15.3 Å². The van der Waals surface area contributed by atoms with Crippen molar-refractivity contribution >= 4 is 24.8 Å². The first kappa shape index (κ1) is 15.5. The summed E-state index contributed by atoms with van der Waals surface area (Å²) in [6, 6.07) is 0.921. The maximum absolute atomic E-state index is 3.43. The van der Waals surface area contributed by atoms with Gasteiger partial charge < -0.3 is 5.32 Å². The molecule has 0 aromatic carbocycles. The summed E-state index contributed by atoms with van der Waals surface area (Å²) in [5.74, 6) is 0. The number of nitrogens with zero attached hydrogens (tertiary/aromatic N) is 1. The van der Waals surface area contributed by atoms with Crippen LogP contribution in [-0.4, -0.2) is 37.1 Å². The lowest BCUT2D eigenvalue weighted by Gasteiger charge is -2.34. The highest BCUT2D eigenvalue weighted by Crippen LogP contribution is 2.21. The lowest BCUT2D eigenvalue weighted by Crippen LogP contribution is -2.48. The van der Waals surface area contributed by atoms with Gasteiger partial charge in [0, 0.05) is 32.2 Å². The van der Waals surface area contributed by atoms with E-state index in [0.29, 0.717) is 0 Å². The lowest BCUT2D eigenvalue weighted by molar-refractivity contribution is 0.158. The Morgan fingerprint density at radius 2 is 1.33 bits per heavy atom. The number of rotatable bonds is 1. The van der Waals surface area contributed by atoms with Gasteiger partial charge >= 0.3 is 0 Å². The quantitative estimate of drug-likeness (QED) is 0.724. The molecule has 2 fully saturated rings. The van der Waals surface area contributed by atoms with Crippen LogP contribution in [0.15, 0.2) is 0 Å². The van der Waals surface area contributed by atoms with Gasteiger partial charge in [-0.15, -0.1) is 24.8 Å². The van der Waals surface area contributed by atoms with E-state index in [1.54, 1.807) is 0 Å². The summed E-state index contributed by atoms with van der Waals surface area (Å²) in [5.41, 5.74) is 0. The summed E-state index contributed by atoms with van der Waals surface area (Å²) in [6.07, 6.45) is 8.80. The number of halogens is 2. The molecule has 1 aliphatic carbocycles. The van der Waals surface area contributed by atoms with Crippen molar-refractivity contribution in [1.82, 2.24) is 10.2 Å². The highest BCUT2D eigenvalue weighted by Gasteiger charge is 2.20. The molecule has 1 heterocycles. The predicted octanol–water partition coefficient (Wildman–Crippen LogP) is 2.46. The molecule has 15 heavy (non-hydrogen) atoms. The van der Waals surface area contributed by atoms with Gasteiger partial charge in [-0.2, -0.15) is 0 Å². The Kier molecular flexibility index (Phi) is 8.92. The first-order valence-electron chi connectivity index (χ1n) is 5.91. The van der Waals surface area contributed by atoms with Crippen molar-refractivity contribution in [3.05, 3.63) is 0 Å². The first-order chi connectivity index (χ1) is 6.47. The van der Waals surface area contributed by atoms with E-state index in [1.165, 1.54) is 64.7 Å². The van der Waals surface area contributed by atoms with Crippen molar-refractivity contribution in [3.8, 4) is 0 Å². The second-order valence-electron chi connectivity index (χ2n) is 4.43. The van der Waals surface area contributed by atoms with Gasteiger partial charge in [-0.3, -0.25) is 4.90 Å². The van der Waals surface area contributed by atoms with Gasteiger partial charge in [-0.05, 0) is 12.8 Å². The fourth-order valence-electron chi connectivity index (χ4n) is 2.67. The minimum atomic E-state index is 0. The highest BCUT2D eigenvalue weighted by atomic mass is 35.5. The predicted molar refractivity (Wildman–Crippen MR) is 70.4 cm³/mol. The molecule has 2 rings (SSSR count). The zero-order valence-corrected chi connectivity index (χ0v) is 11.0. The fraction of sp³-hybridized carbons (Fsp3) is 1.00. The second kappa shape index (κ2) is 8.63. The molecule has 0 unspecified atom stereocenters. The van der Waals surface area contributed by atoms with E-state index in [1.807, 2.05) is 0 Å². The van der Waals surface area contributed by atoms with Gasteiger partial charge in [-0.25, -0.2) is 0 Å². The van der Waals surface area contributed by atoms with Gasteiger partial charge in [0.1, 0.15) is 0 Å². The van der Waals surface area contributed by atoms with Gasteiger partial charge in [0.15, 0.2) is 0 Å². The zero-order valence-electron chi connectivity index (χ0n) is 9.41. The second-order valence-corrected chi connectivity index (χ2v) is 4.43. The van der Waals surface area contributed by atoms with Gasteiger partial charge in [0.25, 0.3) is 0 Å². The third-order valence-electron chi connectivity index (χ3n) is 3.49. The molecule has 0 bridgehead atoms. The molecule has 0 aromatic heterocycles. The summed E-state index contributed by atoms with van der Waals surface area (Å²) in [6.45, 7) is 4.97. The van der Waals surface area contributed by atoms with E-state index in [-0.39, 0.29) is 24.8 Å². The molecule has 0 atom stereocenters. The molecule has 2 aliphatic rings. The molecule has 1 aliphatic heterocycles. The normalized spacial score (nSPS) is 24.8. The van der Waals surface area contributed by atoms with Crippen molar-refractivity contribution in [2.24, 2.45) is 0 Å². The Morgan fingerprint density at radius 3 is 1.87 bits per heavy atom. The third-order valence-corrected chi connectivity index (χ3v) is 3.49. The van der Waals surface area contributed by atoms with Crippen LogP contribution >= 0.6 is 24.8 Å². The van der Waals surface area contributed by atoms with Crippen LogP contribution in [0.2, 0.25) is 0 Å². The number of nitrogens with one attached hydrogen (secondary N) is 1. The van der Waals surface area contributed by atoms with Crippen molar-refractivity contribution in [2.75, 3.05) is 26.2 Å². The smallest absolute Gasteiger partial charge is 0.0110 e. The summed E-state index contributed by atoms with van der Waals surface area (Å²) >= 11 is 0. The average molecular weight is 255 g/mol. The lowest BCUT2D eigenvalue weighted by atomic mass is 10.1. The minimum absolute atomic E-state index is 0. The number of hydrogen-bond acceptors (Lipinski definition) is 2. The maximum atomic E-state index is 3.43. The van der Waals surface area contributed by atoms with Crippen LogP contribution in [0.1, 0.15) is 38.5 Å². The van der Waals surface area contributed by atoms with Crippen molar-refractivity contribution < 1.29 is 0 Å². The fourth-order valence-corrected chi connectivity index (χ4v) is 2.67. The van der Waals surface area contributed by atoms with E-state index in [4.69, 9.17) is 0 Å². The summed E-state index contributed by atoms with van der Waals surface area (Å²) in [7, 11) is 0. The van der Waals surface area contributed by atoms with Crippen LogP contribution in [0.5, 0.6) is 0 Å². The Morgan fingerprint density at radius 1 is 0.800 bits per heavy atom. The van der Waals surface area contributed by atoms with E-state index in [2.05, 4.69) is 10.2 Å². The number of piperazine rings is 1. The highest BCUT2D eigenvalue weighted by molar-refractivity contribution is 5.85. The monoisotopic (exact) mass is 254 g/mol. The van der Waals surface area contributed by atoms with Crippen LogP contribution in [0.25, 0.3) is 0 Å². The molecule has 0 spiro atoms. The van der Waals surface area contributed by atoms with Crippen LogP contribution in [0.3, 0.4) is 0 Å². The molecule has 1 N–H and O–H groups in total. The molecule has 0 aromatic rings. The largest absolute Gasteiger partial charge is 0.314 e. The Balaban J connectivity index is 0.000000980. The summed E-state index contributed by atoms with van der Waals surface area (Å²) in [4.78, 5) is 2.71. The molecule has 1 saturated heterocycles. The third kappa shape index (κ3) is 4.90. The molecule has 4 heteroatoms. The van der Waals surface area contributed by atoms with E-state index in [9.17, 15) is 0 Å². The van der Waals surface area contributed by atoms with Crippen LogP contribution in [0, 0.1) is 0 Å². The Labute approximate surface area is 106 Å². The standard InChI is InChI=1S/C11H22N2.2ClH/c1-2-4-6-11(5-3-1)13-9-7-12-8-10-13;;/h11-12H,1-10H2;2*1H. The van der Waals surface area contributed by atoms with Crippen molar-refractivity contribution in [2.45, 2.75) is 44.6 Å². The average Bonchev–Trinajstić information content (AvgIpc) is 2.47. The minimum Gasteiger partial charge on any atom is -0.314 e. The van der Waals surface area contributed by atoms with Gasteiger partial charge in [-0.1, -0.05) is 25.7 Å². The van der Waals surface area contributed by atoms with E-state index < -0.39 is 0 Å².